The Labute approximate surface area is 123 Å². The minimum atomic E-state index is 0.443. The zero-order chi connectivity index (χ0) is 13.1. The number of halogens is 1. The van der Waals surface area contributed by atoms with Crippen molar-refractivity contribution in [2.75, 3.05) is 6.54 Å². The van der Waals surface area contributed by atoms with Gasteiger partial charge in [0.05, 0.1) is 0 Å². The summed E-state index contributed by atoms with van der Waals surface area (Å²) >= 11 is 5.52. The van der Waals surface area contributed by atoms with Gasteiger partial charge in [-0.15, -0.1) is 11.3 Å². The fourth-order valence-corrected chi connectivity index (χ4v) is 4.39. The van der Waals surface area contributed by atoms with Gasteiger partial charge in [-0.25, -0.2) is 0 Å². The summed E-state index contributed by atoms with van der Waals surface area (Å²) in [5.41, 5.74) is 5.99. The SMILES string of the molecule is CCN(Cc1cc(Br)c(C)s1)C1CCC(N)CC1. The quantitative estimate of drug-likeness (QED) is 0.906. The van der Waals surface area contributed by atoms with Crippen LogP contribution in [0.4, 0.5) is 0 Å². The summed E-state index contributed by atoms with van der Waals surface area (Å²) in [6.45, 7) is 6.67. The van der Waals surface area contributed by atoms with Gasteiger partial charge >= 0.3 is 0 Å². The van der Waals surface area contributed by atoms with Gasteiger partial charge in [-0.3, -0.25) is 4.90 Å². The highest BCUT2D eigenvalue weighted by Crippen LogP contribution is 2.29. The van der Waals surface area contributed by atoms with E-state index >= 15 is 0 Å². The number of hydrogen-bond acceptors (Lipinski definition) is 3. The van der Waals surface area contributed by atoms with Crippen molar-refractivity contribution in [3.05, 3.63) is 20.3 Å². The molecule has 1 aromatic heterocycles. The van der Waals surface area contributed by atoms with Gasteiger partial charge in [0.25, 0.3) is 0 Å². The lowest BCUT2D eigenvalue weighted by Crippen LogP contribution is -2.40. The molecule has 0 aromatic carbocycles. The summed E-state index contributed by atoms with van der Waals surface area (Å²) in [6.07, 6.45) is 4.91. The van der Waals surface area contributed by atoms with Gasteiger partial charge < -0.3 is 5.73 Å². The van der Waals surface area contributed by atoms with E-state index in [4.69, 9.17) is 5.73 Å². The molecule has 2 nitrogen and oxygen atoms in total. The molecule has 1 heterocycles. The van der Waals surface area contributed by atoms with Crippen molar-refractivity contribution in [1.82, 2.24) is 4.90 Å². The van der Waals surface area contributed by atoms with E-state index in [0.717, 1.165) is 19.1 Å². The van der Waals surface area contributed by atoms with E-state index in [1.54, 1.807) is 0 Å². The van der Waals surface area contributed by atoms with Crippen LogP contribution in [-0.2, 0) is 6.54 Å². The van der Waals surface area contributed by atoms with E-state index in [0.29, 0.717) is 6.04 Å². The van der Waals surface area contributed by atoms with Gasteiger partial charge in [0.2, 0.25) is 0 Å². The second-order valence-corrected chi connectivity index (χ2v) is 7.44. The van der Waals surface area contributed by atoms with Crippen LogP contribution >= 0.6 is 27.3 Å². The van der Waals surface area contributed by atoms with Gasteiger partial charge in [-0.1, -0.05) is 6.92 Å². The van der Waals surface area contributed by atoms with Crippen LogP contribution in [0.15, 0.2) is 10.5 Å². The molecule has 0 aliphatic heterocycles. The number of nitrogens with zero attached hydrogens (tertiary/aromatic N) is 1. The van der Waals surface area contributed by atoms with Gasteiger partial charge in [0, 0.05) is 32.9 Å². The molecule has 0 bridgehead atoms. The van der Waals surface area contributed by atoms with Crippen LogP contribution in [0.25, 0.3) is 0 Å². The Balaban J connectivity index is 1.96. The molecule has 102 valence electrons. The van der Waals surface area contributed by atoms with E-state index < -0.39 is 0 Å². The largest absolute Gasteiger partial charge is 0.328 e. The molecule has 1 aliphatic carbocycles. The minimum absolute atomic E-state index is 0.443. The zero-order valence-electron chi connectivity index (χ0n) is 11.3. The standard InChI is InChI=1S/C14H23BrN2S/c1-3-17(12-6-4-11(16)5-7-12)9-13-8-14(15)10(2)18-13/h8,11-12H,3-7,9,16H2,1-2H3. The molecule has 1 aliphatic rings. The molecular weight excluding hydrogens is 308 g/mol. The van der Waals surface area contributed by atoms with Crippen molar-refractivity contribution >= 4 is 27.3 Å². The summed E-state index contributed by atoms with van der Waals surface area (Å²) in [5.74, 6) is 0. The molecule has 2 rings (SSSR count). The monoisotopic (exact) mass is 330 g/mol. The Bertz CT molecular complexity index is 364. The highest BCUT2D eigenvalue weighted by Gasteiger charge is 2.23. The number of nitrogens with two attached hydrogens (primary N) is 1. The molecule has 0 spiro atoms. The number of aryl methyl sites for hydroxylation is 1. The lowest BCUT2D eigenvalue weighted by Gasteiger charge is -2.35. The number of thiophene rings is 1. The fraction of sp³-hybridized carbons (Fsp3) is 0.714. The van der Waals surface area contributed by atoms with Gasteiger partial charge in [-0.05, 0) is 61.1 Å². The molecule has 0 atom stereocenters. The Kier molecular flexibility index (Phi) is 5.24. The molecule has 0 radical (unpaired) electrons. The molecule has 2 N–H and O–H groups in total. The molecule has 18 heavy (non-hydrogen) atoms. The summed E-state index contributed by atoms with van der Waals surface area (Å²) in [6, 6.07) is 3.45. The highest BCUT2D eigenvalue weighted by molar-refractivity contribution is 9.10. The average molecular weight is 331 g/mol. The lowest BCUT2D eigenvalue weighted by atomic mass is 9.90. The molecule has 4 heteroatoms. The first kappa shape index (κ1) is 14.5. The van der Waals surface area contributed by atoms with Crippen LogP contribution in [0, 0.1) is 6.92 Å². The lowest BCUT2D eigenvalue weighted by molar-refractivity contribution is 0.150. The first-order chi connectivity index (χ1) is 8.60. The molecule has 1 fully saturated rings. The number of rotatable bonds is 4. The van der Waals surface area contributed by atoms with Crippen molar-refractivity contribution in [1.29, 1.82) is 0 Å². The smallest absolute Gasteiger partial charge is 0.0331 e. The number of hydrogen-bond donors (Lipinski definition) is 1. The van der Waals surface area contributed by atoms with Crippen molar-refractivity contribution in [2.45, 2.75) is 58.2 Å². The second-order valence-electron chi connectivity index (χ2n) is 5.25. The zero-order valence-corrected chi connectivity index (χ0v) is 13.7. The predicted molar refractivity (Wildman–Crippen MR) is 83.1 cm³/mol. The summed E-state index contributed by atoms with van der Waals surface area (Å²) in [7, 11) is 0. The topological polar surface area (TPSA) is 29.3 Å². The maximum atomic E-state index is 5.99. The van der Waals surface area contributed by atoms with Gasteiger partial charge in [0.15, 0.2) is 0 Å². The molecule has 0 saturated heterocycles. The van der Waals surface area contributed by atoms with E-state index in [1.165, 1.54) is 39.9 Å². The Morgan fingerprint density at radius 2 is 2.06 bits per heavy atom. The van der Waals surface area contributed by atoms with E-state index in [2.05, 4.69) is 40.7 Å². The first-order valence-electron chi connectivity index (χ1n) is 6.84. The van der Waals surface area contributed by atoms with Crippen LogP contribution < -0.4 is 5.73 Å². The summed E-state index contributed by atoms with van der Waals surface area (Å²) in [5, 5.41) is 0. The molecule has 0 amide bonds. The highest BCUT2D eigenvalue weighted by atomic mass is 79.9. The Morgan fingerprint density at radius 3 is 2.56 bits per heavy atom. The molecule has 1 saturated carbocycles. The van der Waals surface area contributed by atoms with Crippen molar-refractivity contribution in [2.24, 2.45) is 5.73 Å². The first-order valence-corrected chi connectivity index (χ1v) is 8.45. The van der Waals surface area contributed by atoms with Gasteiger partial charge in [-0.2, -0.15) is 0 Å². The normalized spacial score (nSPS) is 24.7. The predicted octanol–water partition coefficient (Wildman–Crippen LogP) is 3.91. The van der Waals surface area contributed by atoms with Crippen LogP contribution in [0.2, 0.25) is 0 Å². The minimum Gasteiger partial charge on any atom is -0.328 e. The maximum absolute atomic E-state index is 5.99. The van der Waals surface area contributed by atoms with Crippen LogP contribution in [-0.4, -0.2) is 23.5 Å². The Hall–Kier alpha value is 0.1000. The van der Waals surface area contributed by atoms with Crippen molar-refractivity contribution < 1.29 is 0 Å². The molecular formula is C14H23BrN2S. The van der Waals surface area contributed by atoms with E-state index in [9.17, 15) is 0 Å². The summed E-state index contributed by atoms with van der Waals surface area (Å²) < 4.78 is 1.25. The average Bonchev–Trinajstić information content (AvgIpc) is 2.67. The van der Waals surface area contributed by atoms with Crippen molar-refractivity contribution in [3.63, 3.8) is 0 Å². The molecule has 1 aromatic rings. The van der Waals surface area contributed by atoms with Crippen LogP contribution in [0.1, 0.15) is 42.4 Å². The van der Waals surface area contributed by atoms with Crippen LogP contribution in [0.5, 0.6) is 0 Å². The van der Waals surface area contributed by atoms with E-state index in [1.807, 2.05) is 11.3 Å². The van der Waals surface area contributed by atoms with Crippen molar-refractivity contribution in [3.8, 4) is 0 Å². The Morgan fingerprint density at radius 1 is 1.39 bits per heavy atom. The third-order valence-corrected chi connectivity index (χ3v) is 6.05. The fourth-order valence-electron chi connectivity index (χ4n) is 2.76. The third-order valence-electron chi connectivity index (χ3n) is 3.93. The molecule has 0 unspecified atom stereocenters. The van der Waals surface area contributed by atoms with Crippen LogP contribution in [0.3, 0.4) is 0 Å². The third kappa shape index (κ3) is 3.56. The second kappa shape index (κ2) is 6.51. The van der Waals surface area contributed by atoms with Gasteiger partial charge in [0.1, 0.15) is 0 Å². The summed E-state index contributed by atoms with van der Waals surface area (Å²) in [4.78, 5) is 5.46. The maximum Gasteiger partial charge on any atom is 0.0331 e. The van der Waals surface area contributed by atoms with E-state index in [-0.39, 0.29) is 0 Å².